The summed E-state index contributed by atoms with van der Waals surface area (Å²) < 4.78 is 0. The average molecular weight is 225 g/mol. The SMILES string of the molecule is Cc1nc(N2CC(=O)CC2=O)ccc1Cl. The highest BCUT2D eigenvalue weighted by atomic mass is 35.5. The molecule has 0 bridgehead atoms. The van der Waals surface area contributed by atoms with E-state index in [2.05, 4.69) is 4.98 Å². The van der Waals surface area contributed by atoms with E-state index in [1.807, 2.05) is 0 Å². The van der Waals surface area contributed by atoms with Gasteiger partial charge in [0.2, 0.25) is 5.91 Å². The fourth-order valence-corrected chi connectivity index (χ4v) is 1.58. The minimum Gasteiger partial charge on any atom is -0.297 e. The molecule has 1 aliphatic rings. The molecule has 2 rings (SSSR count). The first kappa shape index (κ1) is 10.1. The minimum atomic E-state index is -0.200. The van der Waals surface area contributed by atoms with E-state index < -0.39 is 0 Å². The number of pyridine rings is 1. The van der Waals surface area contributed by atoms with Crippen LogP contribution in [0.25, 0.3) is 0 Å². The second-order valence-electron chi connectivity index (χ2n) is 3.43. The van der Waals surface area contributed by atoms with Crippen molar-refractivity contribution in [2.24, 2.45) is 0 Å². The summed E-state index contributed by atoms with van der Waals surface area (Å²) in [5, 5.41) is 0.553. The molecule has 0 aromatic carbocycles. The standard InChI is InChI=1S/C10H9ClN2O2/c1-6-8(11)2-3-9(12-6)13-5-7(14)4-10(13)15/h2-3H,4-5H2,1H3. The number of aryl methyl sites for hydroxylation is 1. The third-order valence-corrected chi connectivity index (χ3v) is 2.67. The largest absolute Gasteiger partial charge is 0.297 e. The number of hydrogen-bond donors (Lipinski definition) is 0. The Labute approximate surface area is 91.9 Å². The number of Topliss-reactive ketones (excluding diaryl/α,β-unsaturated/α-hetero) is 1. The Kier molecular flexibility index (Phi) is 2.44. The molecule has 78 valence electrons. The summed E-state index contributed by atoms with van der Waals surface area (Å²) in [5.41, 5.74) is 0.654. The molecule has 0 N–H and O–H groups in total. The molecular formula is C10H9ClN2O2. The van der Waals surface area contributed by atoms with Crippen LogP contribution in [0.1, 0.15) is 12.1 Å². The molecule has 15 heavy (non-hydrogen) atoms. The molecular weight excluding hydrogens is 216 g/mol. The molecule has 0 spiro atoms. The topological polar surface area (TPSA) is 50.3 Å². The number of ketones is 1. The zero-order valence-corrected chi connectivity index (χ0v) is 8.91. The van der Waals surface area contributed by atoms with Crippen molar-refractivity contribution in [3.63, 3.8) is 0 Å². The highest BCUT2D eigenvalue weighted by molar-refractivity contribution is 6.31. The summed E-state index contributed by atoms with van der Waals surface area (Å²) in [4.78, 5) is 28.0. The normalized spacial score (nSPS) is 16.3. The van der Waals surface area contributed by atoms with Crippen LogP contribution in [0.5, 0.6) is 0 Å². The lowest BCUT2D eigenvalue weighted by atomic mass is 10.3. The number of aromatic nitrogens is 1. The van der Waals surface area contributed by atoms with Crippen LogP contribution in [0.2, 0.25) is 5.02 Å². The monoisotopic (exact) mass is 224 g/mol. The van der Waals surface area contributed by atoms with Crippen LogP contribution in [-0.4, -0.2) is 23.2 Å². The summed E-state index contributed by atoms with van der Waals surface area (Å²) >= 11 is 5.82. The lowest BCUT2D eigenvalue weighted by molar-refractivity contribution is -0.121. The predicted octanol–water partition coefficient (Wildman–Crippen LogP) is 1.35. The van der Waals surface area contributed by atoms with Crippen LogP contribution in [0.3, 0.4) is 0 Å². The van der Waals surface area contributed by atoms with Gasteiger partial charge in [0.05, 0.1) is 23.7 Å². The summed E-state index contributed by atoms with van der Waals surface area (Å²) in [6.07, 6.45) is -0.0245. The van der Waals surface area contributed by atoms with E-state index in [0.29, 0.717) is 16.5 Å². The predicted molar refractivity (Wildman–Crippen MR) is 56.0 cm³/mol. The van der Waals surface area contributed by atoms with E-state index in [1.165, 1.54) is 4.90 Å². The molecule has 0 atom stereocenters. The first-order valence-corrected chi connectivity index (χ1v) is 4.91. The highest BCUT2D eigenvalue weighted by Gasteiger charge is 2.29. The van der Waals surface area contributed by atoms with Gasteiger partial charge in [-0.15, -0.1) is 0 Å². The molecule has 2 heterocycles. The van der Waals surface area contributed by atoms with Gasteiger partial charge in [-0.2, -0.15) is 0 Å². The number of carbonyl (C=O) groups is 2. The van der Waals surface area contributed by atoms with Crippen LogP contribution in [0.15, 0.2) is 12.1 Å². The molecule has 1 aliphatic heterocycles. The molecule has 5 heteroatoms. The van der Waals surface area contributed by atoms with E-state index in [0.717, 1.165) is 0 Å². The molecule has 0 aliphatic carbocycles. The number of hydrogen-bond acceptors (Lipinski definition) is 3. The molecule has 0 radical (unpaired) electrons. The third kappa shape index (κ3) is 1.85. The van der Waals surface area contributed by atoms with Crippen molar-refractivity contribution in [3.05, 3.63) is 22.8 Å². The Balaban J connectivity index is 2.34. The first-order chi connectivity index (χ1) is 7.08. The first-order valence-electron chi connectivity index (χ1n) is 4.53. The molecule has 1 fully saturated rings. The van der Waals surface area contributed by atoms with Crippen molar-refractivity contribution in [2.75, 3.05) is 11.4 Å². The summed E-state index contributed by atoms with van der Waals surface area (Å²) in [7, 11) is 0. The molecule has 0 saturated carbocycles. The molecule has 0 unspecified atom stereocenters. The Morgan fingerprint density at radius 3 is 2.67 bits per heavy atom. The van der Waals surface area contributed by atoms with Gasteiger partial charge in [-0.1, -0.05) is 11.6 Å². The third-order valence-electron chi connectivity index (χ3n) is 2.27. The van der Waals surface area contributed by atoms with Gasteiger partial charge in [-0.05, 0) is 19.1 Å². The maximum Gasteiger partial charge on any atom is 0.236 e. The summed E-state index contributed by atoms with van der Waals surface area (Å²) in [6.45, 7) is 1.88. The van der Waals surface area contributed by atoms with Crippen molar-refractivity contribution in [2.45, 2.75) is 13.3 Å². The van der Waals surface area contributed by atoms with Gasteiger partial charge >= 0.3 is 0 Å². The van der Waals surface area contributed by atoms with Gasteiger partial charge < -0.3 is 0 Å². The van der Waals surface area contributed by atoms with E-state index in [1.54, 1.807) is 19.1 Å². The van der Waals surface area contributed by atoms with Crippen LogP contribution in [0.4, 0.5) is 5.82 Å². The fraction of sp³-hybridized carbons (Fsp3) is 0.300. The van der Waals surface area contributed by atoms with Crippen molar-refractivity contribution in [3.8, 4) is 0 Å². The quantitative estimate of drug-likeness (QED) is 0.677. The Hall–Kier alpha value is -1.42. The number of nitrogens with zero attached hydrogens (tertiary/aromatic N) is 2. The maximum absolute atomic E-state index is 11.4. The molecule has 1 aromatic rings. The maximum atomic E-state index is 11.4. The molecule has 1 saturated heterocycles. The van der Waals surface area contributed by atoms with E-state index >= 15 is 0 Å². The molecule has 1 amide bonds. The number of rotatable bonds is 1. The summed E-state index contributed by atoms with van der Waals surface area (Å²) in [6, 6.07) is 3.32. The Bertz CT molecular complexity index is 445. The zero-order chi connectivity index (χ0) is 11.0. The lowest BCUT2D eigenvalue weighted by Crippen LogP contribution is -2.25. The van der Waals surface area contributed by atoms with Crippen molar-refractivity contribution in [1.82, 2.24) is 4.98 Å². The summed E-state index contributed by atoms with van der Waals surface area (Å²) in [5.74, 6) is 0.219. The van der Waals surface area contributed by atoms with E-state index in [9.17, 15) is 9.59 Å². The number of anilines is 1. The number of halogens is 1. The van der Waals surface area contributed by atoms with Gasteiger partial charge in [0.25, 0.3) is 0 Å². The van der Waals surface area contributed by atoms with Crippen molar-refractivity contribution in [1.29, 1.82) is 0 Å². The number of amides is 1. The molecule has 4 nitrogen and oxygen atoms in total. The van der Waals surface area contributed by atoms with Gasteiger partial charge in [0.1, 0.15) is 5.82 Å². The fourth-order valence-electron chi connectivity index (χ4n) is 1.47. The van der Waals surface area contributed by atoms with E-state index in [4.69, 9.17) is 11.6 Å². The Morgan fingerprint density at radius 2 is 2.13 bits per heavy atom. The van der Waals surface area contributed by atoms with Gasteiger partial charge in [0, 0.05) is 0 Å². The number of carbonyl (C=O) groups excluding carboxylic acids is 2. The van der Waals surface area contributed by atoms with Gasteiger partial charge in [-0.25, -0.2) is 4.98 Å². The Morgan fingerprint density at radius 1 is 1.40 bits per heavy atom. The van der Waals surface area contributed by atoms with Crippen LogP contribution in [0, 0.1) is 6.92 Å². The highest BCUT2D eigenvalue weighted by Crippen LogP contribution is 2.21. The van der Waals surface area contributed by atoms with Crippen LogP contribution < -0.4 is 4.90 Å². The minimum absolute atomic E-state index is 0.0245. The second kappa shape index (κ2) is 3.62. The van der Waals surface area contributed by atoms with Crippen LogP contribution >= 0.6 is 11.6 Å². The van der Waals surface area contributed by atoms with Gasteiger partial charge in [-0.3, -0.25) is 14.5 Å². The van der Waals surface area contributed by atoms with Crippen molar-refractivity contribution < 1.29 is 9.59 Å². The average Bonchev–Trinajstić information content (AvgIpc) is 2.50. The van der Waals surface area contributed by atoms with E-state index in [-0.39, 0.29) is 24.7 Å². The van der Waals surface area contributed by atoms with Gasteiger partial charge in [0.15, 0.2) is 5.78 Å². The zero-order valence-electron chi connectivity index (χ0n) is 8.16. The second-order valence-corrected chi connectivity index (χ2v) is 3.84. The van der Waals surface area contributed by atoms with Crippen LogP contribution in [-0.2, 0) is 9.59 Å². The van der Waals surface area contributed by atoms with Crippen molar-refractivity contribution >= 4 is 29.1 Å². The molecule has 1 aromatic heterocycles. The smallest absolute Gasteiger partial charge is 0.236 e. The lowest BCUT2D eigenvalue weighted by Gasteiger charge is -2.13.